The Morgan fingerprint density at radius 2 is 2.28 bits per heavy atom. The molecule has 0 spiro atoms. The van der Waals surface area contributed by atoms with Crippen LogP contribution in [0.15, 0.2) is 0 Å². The molecule has 0 aromatic heterocycles. The number of hydrogen-bond donors (Lipinski definition) is 3. The highest BCUT2D eigenvalue weighted by molar-refractivity contribution is 5.74. The van der Waals surface area contributed by atoms with E-state index in [4.69, 9.17) is 10.8 Å². The lowest BCUT2D eigenvalue weighted by Crippen LogP contribution is -2.47. The molecule has 4 N–H and O–H groups in total. The fourth-order valence-corrected chi connectivity index (χ4v) is 2.39. The maximum atomic E-state index is 11.8. The summed E-state index contributed by atoms with van der Waals surface area (Å²) in [5.74, 6) is -0.390. The Hall–Kier alpha value is -1.30. The normalized spacial score (nSPS) is 21.4. The largest absolute Gasteiger partial charge is 0.481 e. The molecule has 1 rings (SSSR count). The first kappa shape index (κ1) is 14.8. The molecular formula is C12H23N3O3. The van der Waals surface area contributed by atoms with Crippen LogP contribution in [0, 0.1) is 11.8 Å². The second kappa shape index (κ2) is 7.20. The minimum atomic E-state index is -0.771. The van der Waals surface area contributed by atoms with E-state index >= 15 is 0 Å². The number of urea groups is 1. The minimum Gasteiger partial charge on any atom is -0.481 e. The van der Waals surface area contributed by atoms with Crippen LogP contribution < -0.4 is 11.1 Å². The lowest BCUT2D eigenvalue weighted by atomic mass is 9.85. The highest BCUT2D eigenvalue weighted by atomic mass is 16.4. The van der Waals surface area contributed by atoms with Gasteiger partial charge < -0.3 is 21.1 Å². The molecule has 2 unspecified atom stereocenters. The second-order valence-electron chi connectivity index (χ2n) is 4.94. The molecule has 0 saturated carbocycles. The summed E-state index contributed by atoms with van der Waals surface area (Å²) in [7, 11) is 0. The Morgan fingerprint density at radius 1 is 1.56 bits per heavy atom. The van der Waals surface area contributed by atoms with Gasteiger partial charge in [0.15, 0.2) is 0 Å². The number of nitrogens with two attached hydrogens (primary N) is 1. The molecule has 0 aromatic rings. The zero-order valence-electron chi connectivity index (χ0n) is 10.9. The lowest BCUT2D eigenvalue weighted by Gasteiger charge is -2.35. The van der Waals surface area contributed by atoms with E-state index in [-0.39, 0.29) is 24.3 Å². The maximum absolute atomic E-state index is 11.8. The highest BCUT2D eigenvalue weighted by Gasteiger charge is 2.28. The summed E-state index contributed by atoms with van der Waals surface area (Å²) in [6.45, 7) is 4.24. The number of hydrogen-bond acceptors (Lipinski definition) is 3. The van der Waals surface area contributed by atoms with Crippen LogP contribution >= 0.6 is 0 Å². The quantitative estimate of drug-likeness (QED) is 0.667. The fourth-order valence-electron chi connectivity index (χ4n) is 2.39. The van der Waals surface area contributed by atoms with Crippen molar-refractivity contribution in [3.8, 4) is 0 Å². The van der Waals surface area contributed by atoms with Crippen molar-refractivity contribution in [1.82, 2.24) is 10.2 Å². The average molecular weight is 257 g/mol. The number of nitrogens with one attached hydrogen (secondary N) is 1. The molecule has 1 heterocycles. The van der Waals surface area contributed by atoms with E-state index in [1.54, 1.807) is 4.90 Å². The van der Waals surface area contributed by atoms with Crippen molar-refractivity contribution in [2.24, 2.45) is 17.6 Å². The van der Waals surface area contributed by atoms with Crippen LogP contribution in [0.5, 0.6) is 0 Å². The minimum absolute atomic E-state index is 0.0901. The summed E-state index contributed by atoms with van der Waals surface area (Å²) in [5.41, 5.74) is 5.34. The van der Waals surface area contributed by atoms with Crippen LogP contribution in [-0.2, 0) is 4.79 Å². The smallest absolute Gasteiger partial charge is 0.317 e. The van der Waals surface area contributed by atoms with E-state index in [9.17, 15) is 9.59 Å². The zero-order valence-corrected chi connectivity index (χ0v) is 10.9. The Labute approximate surface area is 108 Å². The number of carbonyl (C=O) groups is 2. The Kier molecular flexibility index (Phi) is 5.91. The van der Waals surface area contributed by atoms with Gasteiger partial charge in [0.1, 0.15) is 0 Å². The van der Waals surface area contributed by atoms with E-state index in [2.05, 4.69) is 5.32 Å². The van der Waals surface area contributed by atoms with Crippen LogP contribution in [0.3, 0.4) is 0 Å². The first-order valence-corrected chi connectivity index (χ1v) is 6.49. The first-order valence-electron chi connectivity index (χ1n) is 6.49. The predicted molar refractivity (Wildman–Crippen MR) is 68.2 cm³/mol. The topological polar surface area (TPSA) is 95.7 Å². The number of rotatable bonds is 5. The Balaban J connectivity index is 2.44. The summed E-state index contributed by atoms with van der Waals surface area (Å²) in [6.07, 6.45) is 2.10. The number of aliphatic carboxylic acids is 1. The molecular weight excluding hydrogens is 234 g/mol. The van der Waals surface area contributed by atoms with Gasteiger partial charge in [0, 0.05) is 32.6 Å². The van der Waals surface area contributed by atoms with Crippen molar-refractivity contribution < 1.29 is 14.7 Å². The van der Waals surface area contributed by atoms with Crippen molar-refractivity contribution >= 4 is 12.0 Å². The fraction of sp³-hybridized carbons (Fsp3) is 0.833. The summed E-state index contributed by atoms with van der Waals surface area (Å²) in [4.78, 5) is 24.3. The van der Waals surface area contributed by atoms with Gasteiger partial charge in [-0.05, 0) is 24.7 Å². The molecule has 1 aliphatic rings. The molecule has 2 amide bonds. The number of carbonyl (C=O) groups excluding carboxylic acids is 1. The van der Waals surface area contributed by atoms with Crippen molar-refractivity contribution in [2.75, 3.05) is 26.2 Å². The number of carboxylic acids is 1. The second-order valence-corrected chi connectivity index (χ2v) is 4.94. The molecule has 0 aromatic carbocycles. The van der Waals surface area contributed by atoms with Crippen LogP contribution in [0.2, 0.25) is 0 Å². The summed E-state index contributed by atoms with van der Waals surface area (Å²) in [5, 5.41) is 11.5. The number of amides is 2. The summed E-state index contributed by atoms with van der Waals surface area (Å²) >= 11 is 0. The van der Waals surface area contributed by atoms with E-state index in [0.29, 0.717) is 19.6 Å². The Morgan fingerprint density at radius 3 is 2.89 bits per heavy atom. The third-order valence-corrected chi connectivity index (χ3v) is 3.47. The molecule has 1 fully saturated rings. The molecule has 6 heteroatoms. The third-order valence-electron chi connectivity index (χ3n) is 3.47. The number of carboxylic acid groups (broad SMARTS) is 1. The van der Waals surface area contributed by atoms with Crippen molar-refractivity contribution in [3.05, 3.63) is 0 Å². The number of nitrogens with zero attached hydrogens (tertiary/aromatic N) is 1. The molecule has 0 bridgehead atoms. The van der Waals surface area contributed by atoms with Crippen molar-refractivity contribution in [1.29, 1.82) is 0 Å². The number of piperidine rings is 1. The van der Waals surface area contributed by atoms with Gasteiger partial charge in [0.2, 0.25) is 0 Å². The lowest BCUT2D eigenvalue weighted by molar-refractivity contribution is -0.138. The van der Waals surface area contributed by atoms with E-state index in [0.717, 1.165) is 19.4 Å². The van der Waals surface area contributed by atoms with Crippen molar-refractivity contribution in [3.63, 3.8) is 0 Å². The molecule has 6 nitrogen and oxygen atoms in total. The van der Waals surface area contributed by atoms with Crippen LogP contribution in [-0.4, -0.2) is 48.2 Å². The standard InChI is InChI=1S/C12H23N3O3/c1-9(7-11(16)17)10-3-2-6-15(8-10)12(18)14-5-4-13/h9-10H,2-8,13H2,1H3,(H,14,18)(H,16,17). The summed E-state index contributed by atoms with van der Waals surface area (Å²) < 4.78 is 0. The van der Waals surface area contributed by atoms with E-state index in [1.807, 2.05) is 6.92 Å². The maximum Gasteiger partial charge on any atom is 0.317 e. The van der Waals surface area contributed by atoms with Crippen LogP contribution in [0.25, 0.3) is 0 Å². The Bertz CT molecular complexity index is 296. The number of likely N-dealkylation sites (tertiary alicyclic amines) is 1. The molecule has 1 aliphatic heterocycles. The predicted octanol–water partition coefficient (Wildman–Crippen LogP) is 0.478. The van der Waals surface area contributed by atoms with Crippen molar-refractivity contribution in [2.45, 2.75) is 26.2 Å². The highest BCUT2D eigenvalue weighted by Crippen LogP contribution is 2.26. The van der Waals surface area contributed by atoms with Gasteiger partial charge in [-0.15, -0.1) is 0 Å². The molecule has 104 valence electrons. The van der Waals surface area contributed by atoms with E-state index in [1.165, 1.54) is 0 Å². The molecule has 18 heavy (non-hydrogen) atoms. The van der Waals surface area contributed by atoms with Gasteiger partial charge in [-0.2, -0.15) is 0 Å². The van der Waals surface area contributed by atoms with Gasteiger partial charge in [-0.3, -0.25) is 4.79 Å². The van der Waals surface area contributed by atoms with Gasteiger partial charge in [0.25, 0.3) is 0 Å². The molecule has 0 radical (unpaired) electrons. The SMILES string of the molecule is CC(CC(=O)O)C1CCCN(C(=O)NCCN)C1. The van der Waals surface area contributed by atoms with Gasteiger partial charge in [-0.25, -0.2) is 4.79 Å². The monoisotopic (exact) mass is 257 g/mol. The third kappa shape index (κ3) is 4.52. The zero-order chi connectivity index (χ0) is 13.5. The van der Waals surface area contributed by atoms with Gasteiger partial charge in [-0.1, -0.05) is 6.92 Å². The van der Waals surface area contributed by atoms with Gasteiger partial charge >= 0.3 is 12.0 Å². The van der Waals surface area contributed by atoms with E-state index < -0.39 is 5.97 Å². The molecule has 0 aliphatic carbocycles. The summed E-state index contributed by atoms with van der Waals surface area (Å²) in [6, 6.07) is -0.0901. The molecule has 1 saturated heterocycles. The van der Waals surface area contributed by atoms with Gasteiger partial charge in [0.05, 0.1) is 0 Å². The first-order chi connectivity index (χ1) is 8.54. The average Bonchev–Trinajstić information content (AvgIpc) is 2.35. The van der Waals surface area contributed by atoms with Crippen LogP contribution in [0.1, 0.15) is 26.2 Å². The van der Waals surface area contributed by atoms with Crippen LogP contribution in [0.4, 0.5) is 4.79 Å². The molecule has 2 atom stereocenters.